The molecule has 0 aromatic heterocycles. The number of hydrogen-bond donors (Lipinski definition) is 1. The third-order valence-corrected chi connectivity index (χ3v) is 8.90. The van der Waals surface area contributed by atoms with E-state index in [4.69, 9.17) is 5.26 Å². The molecule has 0 unspecified atom stereocenters. The smallest absolute Gasteiger partial charge is 0.192 e. The van der Waals surface area contributed by atoms with Crippen molar-refractivity contribution in [3.8, 4) is 0 Å². The van der Waals surface area contributed by atoms with Crippen LogP contribution in [0.3, 0.4) is 0 Å². The number of rotatable bonds is 15. The van der Waals surface area contributed by atoms with Gasteiger partial charge in [-0.15, -0.1) is 4.33 Å². The molecule has 2 aliphatic rings. The van der Waals surface area contributed by atoms with Crippen LogP contribution < -0.4 is 10.0 Å². The molecule has 226 valence electrons. The van der Waals surface area contributed by atoms with Crippen molar-refractivity contribution < 1.29 is 37.5 Å². The Kier molecular flexibility index (Phi) is 10.3. The van der Waals surface area contributed by atoms with Gasteiger partial charge in [0.2, 0.25) is 0 Å². The molecule has 10 nitrogen and oxygen atoms in total. The number of carbonyl (C=O) groups excluding carboxylic acids is 1. The lowest BCUT2D eigenvalue weighted by Gasteiger charge is -2.32. The number of carbonyl (C=O) groups is 1. The van der Waals surface area contributed by atoms with Crippen LogP contribution in [-0.2, 0) is 29.7 Å². The maximum atomic E-state index is 13.1. The van der Waals surface area contributed by atoms with Crippen LogP contribution in [0.25, 0.3) is 5.57 Å². The number of benzene rings is 2. The molecule has 1 aliphatic carbocycles. The van der Waals surface area contributed by atoms with Crippen molar-refractivity contribution >= 4 is 50.6 Å². The summed E-state index contributed by atoms with van der Waals surface area (Å²) in [6.07, 6.45) is 5.95. The minimum atomic E-state index is -4.29. The Hall–Kier alpha value is -3.00. The van der Waals surface area contributed by atoms with Crippen molar-refractivity contribution in [3.05, 3.63) is 71.0 Å². The quantitative estimate of drug-likeness (QED) is 0.0718. The fraction of sp³-hybridized carbons (Fsp3) is 0.400. The molecule has 0 atom stereocenters. The standard InChI is InChI=1S/C30H36N2O8S2/c1-4-5-6-7-15-32(16-8-17-42(36,37)38)21-11-9-20(10-12-21)27-28(33)23(29(27)34)19-26-30(2,3)24-18-22(41-40-39-35)13-14-25(24)31-26/h9-14,18-19,33,35H,4-8,15-17H2,1-3H3,(H,36,37,38)/p-2/b23-19+. The maximum Gasteiger partial charge on any atom is 0.192 e. The summed E-state index contributed by atoms with van der Waals surface area (Å²) in [6.45, 7) is 7.15. The van der Waals surface area contributed by atoms with Crippen LogP contribution in [0.5, 0.6) is 0 Å². The number of allylic oxidation sites excluding steroid dienone is 3. The SMILES string of the molecule is CCCCCCN(CCCS(=O)(=O)[O-])c1ccc(C2=C([O-])/C(=C\C3=Nc4ccc(SOOO)cc4C3(C)C)C2=O)cc1. The third kappa shape index (κ3) is 7.31. The average Bonchev–Trinajstić information content (AvgIpc) is 3.20. The molecule has 1 heterocycles. The van der Waals surface area contributed by atoms with E-state index in [1.807, 2.05) is 36.9 Å². The average molecular weight is 615 g/mol. The summed E-state index contributed by atoms with van der Waals surface area (Å²) < 4.78 is 37.7. The first-order chi connectivity index (χ1) is 20.0. The van der Waals surface area contributed by atoms with E-state index in [-0.39, 0.29) is 29.1 Å². The predicted octanol–water partition coefficient (Wildman–Crippen LogP) is 5.08. The zero-order valence-corrected chi connectivity index (χ0v) is 25.4. The molecule has 0 radical (unpaired) electrons. The topological polar surface area (TPSA) is 152 Å². The first kappa shape index (κ1) is 31.9. The van der Waals surface area contributed by atoms with Crippen molar-refractivity contribution in [3.63, 3.8) is 0 Å². The molecule has 1 N–H and O–H groups in total. The van der Waals surface area contributed by atoms with E-state index in [0.29, 0.717) is 34.9 Å². The van der Waals surface area contributed by atoms with Crippen LogP contribution in [0.15, 0.2) is 69.8 Å². The Balaban J connectivity index is 1.50. The molecule has 0 saturated carbocycles. The van der Waals surface area contributed by atoms with Gasteiger partial charge in [-0.25, -0.2) is 13.7 Å². The van der Waals surface area contributed by atoms with Gasteiger partial charge in [-0.1, -0.05) is 63.0 Å². The first-order valence-electron chi connectivity index (χ1n) is 13.8. The summed E-state index contributed by atoms with van der Waals surface area (Å²) in [5.74, 6) is -1.11. The minimum Gasteiger partial charge on any atom is -0.871 e. The largest absolute Gasteiger partial charge is 0.871 e. The van der Waals surface area contributed by atoms with Crippen molar-refractivity contribution in [2.45, 2.75) is 63.2 Å². The zero-order valence-electron chi connectivity index (χ0n) is 23.8. The lowest BCUT2D eigenvalue weighted by atomic mass is 9.77. The summed E-state index contributed by atoms with van der Waals surface area (Å²) in [5.41, 5.74) is 3.15. The first-order valence-corrected chi connectivity index (χ1v) is 16.1. The molecule has 0 spiro atoms. The van der Waals surface area contributed by atoms with E-state index in [1.165, 1.54) is 0 Å². The summed E-state index contributed by atoms with van der Waals surface area (Å²) in [7, 11) is -4.29. The number of Topliss-reactive ketones (excluding diaryl/α,β-unsaturated/α-hetero) is 1. The molecular weight excluding hydrogens is 580 g/mol. The highest BCUT2D eigenvalue weighted by molar-refractivity contribution is 7.94. The zero-order chi connectivity index (χ0) is 30.5. The third-order valence-electron chi connectivity index (χ3n) is 7.53. The molecular formula is C30H34N2O8S2-2. The normalized spacial score (nSPS) is 16.9. The molecule has 12 heteroatoms. The van der Waals surface area contributed by atoms with Crippen LogP contribution in [0, 0.1) is 0 Å². The van der Waals surface area contributed by atoms with Gasteiger partial charge >= 0.3 is 0 Å². The number of aliphatic imine (C=N–C) groups is 1. The molecule has 2 aromatic rings. The number of ketones is 1. The summed E-state index contributed by atoms with van der Waals surface area (Å²) in [6, 6.07) is 12.5. The highest BCUT2D eigenvalue weighted by Gasteiger charge is 2.36. The van der Waals surface area contributed by atoms with Gasteiger partial charge < -0.3 is 14.6 Å². The van der Waals surface area contributed by atoms with Gasteiger partial charge in [0.1, 0.15) is 0 Å². The molecule has 1 aliphatic heterocycles. The van der Waals surface area contributed by atoms with Crippen LogP contribution in [-0.4, -0.2) is 48.6 Å². The van der Waals surface area contributed by atoms with Crippen LogP contribution in [0.2, 0.25) is 0 Å². The Morgan fingerprint density at radius 1 is 1.07 bits per heavy atom. The molecule has 0 fully saturated rings. The van der Waals surface area contributed by atoms with Crippen LogP contribution in [0.1, 0.15) is 64.0 Å². The molecule has 42 heavy (non-hydrogen) atoms. The van der Waals surface area contributed by atoms with Gasteiger partial charge in [0, 0.05) is 46.0 Å². The Morgan fingerprint density at radius 3 is 2.43 bits per heavy atom. The van der Waals surface area contributed by atoms with E-state index in [9.17, 15) is 22.9 Å². The molecule has 0 saturated heterocycles. The van der Waals surface area contributed by atoms with Crippen LogP contribution in [0.4, 0.5) is 11.4 Å². The fourth-order valence-corrected chi connectivity index (χ4v) is 6.03. The van der Waals surface area contributed by atoms with Gasteiger partial charge in [0.25, 0.3) is 0 Å². The van der Waals surface area contributed by atoms with Gasteiger partial charge in [0.15, 0.2) is 5.78 Å². The Bertz CT molecular complexity index is 1510. The number of anilines is 1. The van der Waals surface area contributed by atoms with Crippen molar-refractivity contribution in [1.82, 2.24) is 0 Å². The van der Waals surface area contributed by atoms with Crippen molar-refractivity contribution in [2.24, 2.45) is 4.99 Å². The second kappa shape index (κ2) is 13.5. The lowest BCUT2D eigenvalue weighted by Crippen LogP contribution is -2.32. The molecule has 2 aromatic carbocycles. The monoisotopic (exact) mass is 614 g/mol. The fourth-order valence-electron chi connectivity index (χ4n) is 5.15. The lowest BCUT2D eigenvalue weighted by molar-refractivity contribution is -0.432. The van der Waals surface area contributed by atoms with Crippen LogP contribution >= 0.6 is 12.0 Å². The van der Waals surface area contributed by atoms with E-state index < -0.39 is 21.3 Å². The van der Waals surface area contributed by atoms with Crippen molar-refractivity contribution in [2.75, 3.05) is 23.7 Å². The second-order valence-corrected chi connectivity index (χ2v) is 13.1. The van der Waals surface area contributed by atoms with Gasteiger partial charge in [0.05, 0.1) is 33.6 Å². The van der Waals surface area contributed by atoms with Gasteiger partial charge in [-0.3, -0.25) is 9.79 Å². The number of nitrogens with zero attached hydrogens (tertiary/aromatic N) is 2. The molecule has 4 rings (SSSR count). The maximum absolute atomic E-state index is 13.1. The van der Waals surface area contributed by atoms with E-state index >= 15 is 0 Å². The summed E-state index contributed by atoms with van der Waals surface area (Å²) in [5, 5.41) is 25.2. The van der Waals surface area contributed by atoms with E-state index in [2.05, 4.69) is 21.3 Å². The van der Waals surface area contributed by atoms with E-state index in [0.717, 1.165) is 49.0 Å². The summed E-state index contributed by atoms with van der Waals surface area (Å²) >= 11 is 0.840. The molecule has 0 amide bonds. The number of fused-ring (bicyclic) bond motifs is 1. The number of hydrogen-bond acceptors (Lipinski definition) is 11. The highest BCUT2D eigenvalue weighted by Crippen LogP contribution is 2.44. The van der Waals surface area contributed by atoms with Gasteiger partial charge in [-0.2, -0.15) is 0 Å². The Morgan fingerprint density at radius 2 is 1.79 bits per heavy atom. The van der Waals surface area contributed by atoms with Crippen molar-refractivity contribution in [1.29, 1.82) is 0 Å². The molecule has 0 bridgehead atoms. The summed E-state index contributed by atoms with van der Waals surface area (Å²) in [4.78, 5) is 20.5. The van der Waals surface area contributed by atoms with Gasteiger partial charge in [-0.05, 0) is 60.4 Å². The Labute approximate surface area is 250 Å². The predicted molar refractivity (Wildman–Crippen MR) is 159 cm³/mol. The highest BCUT2D eigenvalue weighted by atomic mass is 32.2. The minimum absolute atomic E-state index is 0.0803. The number of unbranched alkanes of at least 4 members (excludes halogenated alkanes) is 3. The van der Waals surface area contributed by atoms with E-state index in [1.54, 1.807) is 30.3 Å². The second-order valence-electron chi connectivity index (χ2n) is 10.8.